The molecule has 2 aromatic heterocycles. The van der Waals surface area contributed by atoms with Crippen LogP contribution in [0.3, 0.4) is 0 Å². The number of nitrogens with zero attached hydrogens (tertiary/aromatic N) is 2. The molecular weight excluding hydrogens is 222 g/mol. The monoisotopic (exact) mass is 239 g/mol. The summed E-state index contributed by atoms with van der Waals surface area (Å²) < 4.78 is 0. The van der Waals surface area contributed by atoms with Crippen molar-refractivity contribution in [1.82, 2.24) is 15.3 Å². The predicted molar refractivity (Wildman–Crippen MR) is 72.1 cm³/mol. The lowest BCUT2D eigenvalue weighted by molar-refractivity contribution is 0.411. The Bertz CT molecular complexity index is 487. The van der Waals surface area contributed by atoms with E-state index in [1.54, 1.807) is 6.20 Å². The first-order chi connectivity index (χ1) is 8.93. The molecule has 1 saturated heterocycles. The molecule has 1 unspecified atom stereocenters. The lowest BCUT2D eigenvalue weighted by Gasteiger charge is -2.23. The molecule has 92 valence electrons. The predicted octanol–water partition coefficient (Wildman–Crippen LogP) is 2.96. The van der Waals surface area contributed by atoms with Gasteiger partial charge >= 0.3 is 0 Å². The number of rotatable bonds is 2. The first kappa shape index (κ1) is 11.4. The first-order valence-corrected chi connectivity index (χ1v) is 6.53. The average Bonchev–Trinajstić information content (AvgIpc) is 2.49. The van der Waals surface area contributed by atoms with E-state index in [0.29, 0.717) is 6.04 Å². The highest BCUT2D eigenvalue weighted by Crippen LogP contribution is 2.24. The summed E-state index contributed by atoms with van der Waals surface area (Å²) >= 11 is 0. The summed E-state index contributed by atoms with van der Waals surface area (Å²) in [5.74, 6) is 0. The van der Waals surface area contributed by atoms with Gasteiger partial charge in [-0.2, -0.15) is 0 Å². The van der Waals surface area contributed by atoms with Crippen molar-refractivity contribution in [3.05, 3.63) is 48.4 Å². The zero-order valence-corrected chi connectivity index (χ0v) is 10.3. The maximum atomic E-state index is 4.54. The molecule has 3 nitrogen and oxygen atoms in total. The number of pyridine rings is 2. The number of hydrogen-bond acceptors (Lipinski definition) is 3. The Balaban J connectivity index is 1.80. The van der Waals surface area contributed by atoms with E-state index in [2.05, 4.69) is 27.4 Å². The fourth-order valence-electron chi connectivity index (χ4n) is 2.43. The van der Waals surface area contributed by atoms with Gasteiger partial charge in [0.2, 0.25) is 0 Å². The van der Waals surface area contributed by atoms with E-state index >= 15 is 0 Å². The van der Waals surface area contributed by atoms with Crippen LogP contribution in [0, 0.1) is 0 Å². The minimum atomic E-state index is 0.481. The molecule has 0 aliphatic carbocycles. The van der Waals surface area contributed by atoms with E-state index in [1.165, 1.54) is 24.8 Å². The maximum absolute atomic E-state index is 4.54. The van der Waals surface area contributed by atoms with Gasteiger partial charge in [0, 0.05) is 30.2 Å². The van der Waals surface area contributed by atoms with Crippen molar-refractivity contribution in [2.45, 2.75) is 25.3 Å². The number of nitrogens with one attached hydrogen (secondary N) is 1. The molecule has 3 heterocycles. The van der Waals surface area contributed by atoms with Crippen molar-refractivity contribution in [1.29, 1.82) is 0 Å². The lowest BCUT2D eigenvalue weighted by Crippen LogP contribution is -2.26. The zero-order valence-electron chi connectivity index (χ0n) is 10.3. The van der Waals surface area contributed by atoms with Crippen LogP contribution in [0.25, 0.3) is 11.3 Å². The summed E-state index contributed by atoms with van der Waals surface area (Å²) in [6.07, 6.45) is 9.43. The Hall–Kier alpha value is -1.74. The average molecular weight is 239 g/mol. The molecule has 0 saturated carbocycles. The second kappa shape index (κ2) is 5.27. The van der Waals surface area contributed by atoms with Crippen molar-refractivity contribution in [3.8, 4) is 11.3 Å². The third kappa shape index (κ3) is 2.41. The molecule has 1 atom stereocenters. The van der Waals surface area contributed by atoms with Gasteiger partial charge in [0.25, 0.3) is 0 Å². The van der Waals surface area contributed by atoms with Gasteiger partial charge in [-0.3, -0.25) is 9.97 Å². The Labute approximate surface area is 107 Å². The molecule has 1 fully saturated rings. The molecule has 18 heavy (non-hydrogen) atoms. The van der Waals surface area contributed by atoms with Crippen LogP contribution < -0.4 is 5.32 Å². The van der Waals surface area contributed by atoms with Crippen molar-refractivity contribution in [2.75, 3.05) is 6.54 Å². The van der Waals surface area contributed by atoms with Gasteiger partial charge < -0.3 is 5.32 Å². The van der Waals surface area contributed by atoms with Gasteiger partial charge in [0.05, 0.1) is 5.69 Å². The van der Waals surface area contributed by atoms with Crippen LogP contribution in [0.5, 0.6) is 0 Å². The van der Waals surface area contributed by atoms with Crippen LogP contribution in [0.15, 0.2) is 42.9 Å². The third-order valence-corrected chi connectivity index (χ3v) is 3.46. The van der Waals surface area contributed by atoms with Gasteiger partial charge in [0.15, 0.2) is 0 Å². The van der Waals surface area contributed by atoms with E-state index in [0.717, 1.165) is 17.8 Å². The van der Waals surface area contributed by atoms with Crippen molar-refractivity contribution < 1.29 is 0 Å². The summed E-state index contributed by atoms with van der Waals surface area (Å²) in [4.78, 5) is 8.67. The Morgan fingerprint density at radius 2 is 2.11 bits per heavy atom. The fourth-order valence-corrected chi connectivity index (χ4v) is 2.43. The first-order valence-electron chi connectivity index (χ1n) is 6.53. The molecule has 0 amide bonds. The fraction of sp³-hybridized carbons (Fsp3) is 0.333. The number of aromatic nitrogens is 2. The summed E-state index contributed by atoms with van der Waals surface area (Å²) in [7, 11) is 0. The Morgan fingerprint density at radius 3 is 2.78 bits per heavy atom. The van der Waals surface area contributed by atoms with Gasteiger partial charge in [-0.1, -0.05) is 12.5 Å². The molecular formula is C15H17N3. The van der Waals surface area contributed by atoms with E-state index in [9.17, 15) is 0 Å². The van der Waals surface area contributed by atoms with Crippen LogP contribution in [0.4, 0.5) is 0 Å². The summed E-state index contributed by atoms with van der Waals surface area (Å²) in [5, 5.41) is 3.54. The molecule has 3 heteroatoms. The van der Waals surface area contributed by atoms with Gasteiger partial charge in [-0.15, -0.1) is 0 Å². The third-order valence-electron chi connectivity index (χ3n) is 3.46. The summed E-state index contributed by atoms with van der Waals surface area (Å²) in [6, 6.07) is 8.72. The normalized spacial score (nSPS) is 19.7. The highest BCUT2D eigenvalue weighted by Gasteiger charge is 2.14. The quantitative estimate of drug-likeness (QED) is 0.875. The molecule has 1 N–H and O–H groups in total. The summed E-state index contributed by atoms with van der Waals surface area (Å²) in [5.41, 5.74) is 3.35. The minimum absolute atomic E-state index is 0.481. The lowest BCUT2D eigenvalue weighted by atomic mass is 9.98. The molecule has 3 rings (SSSR count). The summed E-state index contributed by atoms with van der Waals surface area (Å²) in [6.45, 7) is 1.12. The van der Waals surface area contributed by atoms with Crippen LogP contribution in [-0.2, 0) is 0 Å². The molecule has 1 aliphatic rings. The van der Waals surface area contributed by atoms with E-state index in [1.807, 2.05) is 24.5 Å². The highest BCUT2D eigenvalue weighted by atomic mass is 14.9. The van der Waals surface area contributed by atoms with Crippen LogP contribution in [0.2, 0.25) is 0 Å². The molecule has 0 bridgehead atoms. The van der Waals surface area contributed by atoms with E-state index in [-0.39, 0.29) is 0 Å². The van der Waals surface area contributed by atoms with Crippen molar-refractivity contribution in [2.24, 2.45) is 0 Å². The molecule has 1 aliphatic heterocycles. The number of piperidine rings is 1. The smallest absolute Gasteiger partial charge is 0.0717 e. The highest BCUT2D eigenvalue weighted by molar-refractivity contribution is 5.57. The topological polar surface area (TPSA) is 37.8 Å². The number of hydrogen-bond donors (Lipinski definition) is 1. The van der Waals surface area contributed by atoms with E-state index < -0.39 is 0 Å². The van der Waals surface area contributed by atoms with Gasteiger partial charge in [0.1, 0.15) is 0 Å². The van der Waals surface area contributed by atoms with Crippen LogP contribution in [-0.4, -0.2) is 16.5 Å². The van der Waals surface area contributed by atoms with Crippen molar-refractivity contribution in [3.63, 3.8) is 0 Å². The Kier molecular flexibility index (Phi) is 3.33. The molecule has 2 aromatic rings. The minimum Gasteiger partial charge on any atom is -0.310 e. The van der Waals surface area contributed by atoms with Gasteiger partial charge in [-0.25, -0.2) is 0 Å². The maximum Gasteiger partial charge on any atom is 0.0717 e. The van der Waals surface area contributed by atoms with Gasteiger partial charge in [-0.05, 0) is 43.1 Å². The van der Waals surface area contributed by atoms with Crippen LogP contribution >= 0.6 is 0 Å². The second-order valence-electron chi connectivity index (χ2n) is 4.72. The molecule has 0 aromatic carbocycles. The Morgan fingerprint density at radius 1 is 1.11 bits per heavy atom. The zero-order chi connectivity index (χ0) is 12.2. The second-order valence-corrected chi connectivity index (χ2v) is 4.72. The van der Waals surface area contributed by atoms with E-state index in [4.69, 9.17) is 0 Å². The van der Waals surface area contributed by atoms with Crippen LogP contribution in [0.1, 0.15) is 30.9 Å². The largest absolute Gasteiger partial charge is 0.310 e. The standard InChI is InChI=1S/C15H17N3/c1-2-9-17-14(5-1)13-6-7-15(18-11-13)12-4-3-8-16-10-12/h3-4,6-8,10-11,14,17H,1-2,5,9H2. The SMILES string of the molecule is c1cncc(-c2ccc(C3CCCCN3)cn2)c1. The molecule has 0 spiro atoms. The van der Waals surface area contributed by atoms with Crippen molar-refractivity contribution >= 4 is 0 Å². The molecule has 0 radical (unpaired) electrons.